The van der Waals surface area contributed by atoms with E-state index < -0.39 is 0 Å². The Bertz CT molecular complexity index is 509. The van der Waals surface area contributed by atoms with Crippen LogP contribution in [0.4, 0.5) is 0 Å². The smallest absolute Gasteiger partial charge is 0.150 e. The monoisotopic (exact) mass is 212 g/mol. The summed E-state index contributed by atoms with van der Waals surface area (Å²) in [4.78, 5) is 10.5. The molecule has 3 nitrogen and oxygen atoms in total. The normalized spacial score (nSPS) is 15.0. The second-order valence-electron chi connectivity index (χ2n) is 4.17. The van der Waals surface area contributed by atoms with E-state index in [0.29, 0.717) is 11.5 Å². The first-order valence-corrected chi connectivity index (χ1v) is 5.48. The van der Waals surface area contributed by atoms with Crippen molar-refractivity contribution < 1.29 is 4.79 Å². The fourth-order valence-corrected chi connectivity index (χ4v) is 1.78. The molecule has 0 radical (unpaired) electrons. The number of hydrogen-bond acceptors (Lipinski definition) is 2. The summed E-state index contributed by atoms with van der Waals surface area (Å²) >= 11 is 0. The Morgan fingerprint density at radius 1 is 1.19 bits per heavy atom. The zero-order valence-electron chi connectivity index (χ0n) is 8.84. The van der Waals surface area contributed by atoms with Gasteiger partial charge in [0.15, 0.2) is 0 Å². The molecule has 1 saturated carbocycles. The van der Waals surface area contributed by atoms with E-state index in [4.69, 9.17) is 0 Å². The maximum Gasteiger partial charge on any atom is 0.150 e. The quantitative estimate of drug-likeness (QED) is 0.733. The van der Waals surface area contributed by atoms with Crippen molar-refractivity contribution in [1.29, 1.82) is 0 Å². The van der Waals surface area contributed by atoms with Gasteiger partial charge in [0.05, 0.1) is 11.4 Å². The Balaban J connectivity index is 1.91. The predicted octanol–water partition coefficient (Wildman–Crippen LogP) is 2.56. The standard InChI is InChI=1S/C13H12N2O/c16-9-10-1-5-12(6-2-10)15-8-7-13(14-15)11-3-4-11/h1-2,5-9,11H,3-4H2. The molecule has 80 valence electrons. The lowest BCUT2D eigenvalue weighted by atomic mass is 10.2. The van der Waals surface area contributed by atoms with Crippen LogP contribution in [0.15, 0.2) is 36.5 Å². The third-order valence-corrected chi connectivity index (χ3v) is 2.90. The second kappa shape index (κ2) is 3.59. The van der Waals surface area contributed by atoms with E-state index in [1.54, 1.807) is 12.1 Å². The van der Waals surface area contributed by atoms with Gasteiger partial charge in [-0.1, -0.05) is 0 Å². The molecule has 2 aromatic rings. The van der Waals surface area contributed by atoms with Crippen molar-refractivity contribution >= 4 is 6.29 Å². The Morgan fingerprint density at radius 2 is 1.94 bits per heavy atom. The summed E-state index contributed by atoms with van der Waals surface area (Å²) in [6, 6.07) is 9.51. The molecule has 0 bridgehead atoms. The second-order valence-corrected chi connectivity index (χ2v) is 4.17. The molecular formula is C13H12N2O. The van der Waals surface area contributed by atoms with Crippen LogP contribution in [-0.2, 0) is 0 Å². The number of aromatic nitrogens is 2. The van der Waals surface area contributed by atoms with Crippen LogP contribution in [0.3, 0.4) is 0 Å². The molecule has 0 amide bonds. The van der Waals surface area contributed by atoms with Gasteiger partial charge in [-0.2, -0.15) is 5.10 Å². The highest BCUT2D eigenvalue weighted by molar-refractivity contribution is 5.75. The molecule has 1 aliphatic rings. The highest BCUT2D eigenvalue weighted by atomic mass is 16.1. The minimum Gasteiger partial charge on any atom is -0.298 e. The summed E-state index contributed by atoms with van der Waals surface area (Å²) in [5.41, 5.74) is 2.87. The molecule has 0 saturated heterocycles. The van der Waals surface area contributed by atoms with E-state index in [0.717, 1.165) is 12.0 Å². The first-order valence-electron chi connectivity index (χ1n) is 5.48. The summed E-state index contributed by atoms with van der Waals surface area (Å²) in [5, 5.41) is 4.53. The van der Waals surface area contributed by atoms with Crippen LogP contribution < -0.4 is 0 Å². The van der Waals surface area contributed by atoms with Crippen molar-refractivity contribution in [2.45, 2.75) is 18.8 Å². The molecule has 0 spiro atoms. The maximum absolute atomic E-state index is 10.5. The molecule has 0 N–H and O–H groups in total. The van der Waals surface area contributed by atoms with Crippen LogP contribution in [0.1, 0.15) is 34.8 Å². The first-order chi connectivity index (χ1) is 7.86. The average Bonchev–Trinajstić information content (AvgIpc) is 3.08. The van der Waals surface area contributed by atoms with E-state index in [2.05, 4.69) is 11.2 Å². The molecule has 1 aliphatic carbocycles. The van der Waals surface area contributed by atoms with Gasteiger partial charge in [0.1, 0.15) is 6.29 Å². The Labute approximate surface area is 93.7 Å². The van der Waals surface area contributed by atoms with Gasteiger partial charge in [0, 0.05) is 17.7 Å². The van der Waals surface area contributed by atoms with Gasteiger partial charge >= 0.3 is 0 Å². The maximum atomic E-state index is 10.5. The Kier molecular flexibility index (Phi) is 2.10. The Morgan fingerprint density at radius 3 is 2.56 bits per heavy atom. The minimum atomic E-state index is 0.676. The number of hydrogen-bond donors (Lipinski definition) is 0. The van der Waals surface area contributed by atoms with E-state index >= 15 is 0 Å². The van der Waals surface area contributed by atoms with Crippen LogP contribution in [-0.4, -0.2) is 16.1 Å². The van der Waals surface area contributed by atoms with Crippen molar-refractivity contribution in [3.8, 4) is 5.69 Å². The zero-order valence-corrected chi connectivity index (χ0v) is 8.84. The summed E-state index contributed by atoms with van der Waals surface area (Å²) in [5.74, 6) is 0.676. The average molecular weight is 212 g/mol. The van der Waals surface area contributed by atoms with Gasteiger partial charge in [-0.15, -0.1) is 0 Å². The van der Waals surface area contributed by atoms with E-state index in [-0.39, 0.29) is 0 Å². The third-order valence-electron chi connectivity index (χ3n) is 2.90. The molecule has 1 aromatic heterocycles. The number of nitrogens with zero attached hydrogens (tertiary/aromatic N) is 2. The first kappa shape index (κ1) is 9.33. The van der Waals surface area contributed by atoms with Gasteiger partial charge < -0.3 is 0 Å². The fourth-order valence-electron chi connectivity index (χ4n) is 1.78. The van der Waals surface area contributed by atoms with Crippen LogP contribution in [0, 0.1) is 0 Å². The minimum absolute atomic E-state index is 0.676. The fraction of sp³-hybridized carbons (Fsp3) is 0.231. The summed E-state index contributed by atoms with van der Waals surface area (Å²) < 4.78 is 1.86. The van der Waals surface area contributed by atoms with Crippen molar-refractivity contribution in [2.75, 3.05) is 0 Å². The molecule has 0 aliphatic heterocycles. The van der Waals surface area contributed by atoms with Crippen molar-refractivity contribution in [3.05, 3.63) is 47.8 Å². The molecule has 1 heterocycles. The van der Waals surface area contributed by atoms with Crippen molar-refractivity contribution in [1.82, 2.24) is 9.78 Å². The number of rotatable bonds is 3. The number of carbonyl (C=O) groups is 1. The summed E-state index contributed by atoms with van der Waals surface area (Å²) in [7, 11) is 0. The van der Waals surface area contributed by atoms with Gasteiger partial charge in [0.2, 0.25) is 0 Å². The molecule has 16 heavy (non-hydrogen) atoms. The predicted molar refractivity (Wildman–Crippen MR) is 60.9 cm³/mol. The van der Waals surface area contributed by atoms with Gasteiger partial charge in [-0.3, -0.25) is 4.79 Å². The lowest BCUT2D eigenvalue weighted by Gasteiger charge is -2.00. The summed E-state index contributed by atoms with van der Waals surface area (Å²) in [6.45, 7) is 0. The lowest BCUT2D eigenvalue weighted by molar-refractivity contribution is 0.112. The number of aldehydes is 1. The van der Waals surface area contributed by atoms with Crippen molar-refractivity contribution in [2.24, 2.45) is 0 Å². The molecule has 0 atom stereocenters. The highest BCUT2D eigenvalue weighted by Gasteiger charge is 2.25. The largest absolute Gasteiger partial charge is 0.298 e. The molecule has 3 heteroatoms. The van der Waals surface area contributed by atoms with E-state index in [9.17, 15) is 4.79 Å². The van der Waals surface area contributed by atoms with Crippen LogP contribution in [0.5, 0.6) is 0 Å². The molecule has 3 rings (SSSR count). The molecule has 1 fully saturated rings. The third kappa shape index (κ3) is 1.65. The topological polar surface area (TPSA) is 34.9 Å². The number of benzene rings is 1. The van der Waals surface area contributed by atoms with Gasteiger partial charge in [0.25, 0.3) is 0 Å². The van der Waals surface area contributed by atoms with Crippen LogP contribution >= 0.6 is 0 Å². The molecule has 1 aromatic carbocycles. The molecular weight excluding hydrogens is 200 g/mol. The van der Waals surface area contributed by atoms with Crippen LogP contribution in [0.25, 0.3) is 5.69 Å². The van der Waals surface area contributed by atoms with Gasteiger partial charge in [-0.25, -0.2) is 4.68 Å². The van der Waals surface area contributed by atoms with Crippen molar-refractivity contribution in [3.63, 3.8) is 0 Å². The van der Waals surface area contributed by atoms with Gasteiger partial charge in [-0.05, 0) is 43.2 Å². The highest BCUT2D eigenvalue weighted by Crippen LogP contribution is 2.38. The number of carbonyl (C=O) groups excluding carboxylic acids is 1. The van der Waals surface area contributed by atoms with E-state index in [1.807, 2.05) is 23.0 Å². The van der Waals surface area contributed by atoms with Crippen LogP contribution in [0.2, 0.25) is 0 Å². The zero-order chi connectivity index (χ0) is 11.0. The molecule has 0 unspecified atom stereocenters. The van der Waals surface area contributed by atoms with E-state index in [1.165, 1.54) is 18.5 Å². The Hall–Kier alpha value is -1.90. The summed E-state index contributed by atoms with van der Waals surface area (Å²) in [6.07, 6.45) is 5.36. The SMILES string of the molecule is O=Cc1ccc(-n2ccc(C3CC3)n2)cc1. The lowest BCUT2D eigenvalue weighted by Crippen LogP contribution is -1.95.